The topological polar surface area (TPSA) is 110 Å². The minimum Gasteiger partial charge on any atom is -0.398 e. The average molecular weight is 273 g/mol. The molecule has 0 aliphatic rings. The molecule has 1 aromatic rings. The van der Waals surface area contributed by atoms with Crippen molar-refractivity contribution < 1.29 is 13.5 Å². The number of nitrogen functional groups attached to an aromatic ring is 1. The molecule has 0 saturated heterocycles. The number of primary sulfonamides is 1. The van der Waals surface area contributed by atoms with Gasteiger partial charge in [0, 0.05) is 19.3 Å². The molecule has 0 aliphatic heterocycles. The molecule has 0 spiro atoms. The molecular weight excluding hydrogens is 254 g/mol. The molecule has 0 saturated carbocycles. The highest BCUT2D eigenvalue weighted by Gasteiger charge is 2.13. The van der Waals surface area contributed by atoms with Gasteiger partial charge in [0.25, 0.3) is 0 Å². The first-order valence-corrected chi connectivity index (χ1v) is 7.08. The van der Waals surface area contributed by atoms with E-state index in [9.17, 15) is 13.5 Å². The summed E-state index contributed by atoms with van der Waals surface area (Å²) in [4.78, 5) is 1.81. The molecule has 1 rings (SSSR count). The molecule has 0 heterocycles. The monoisotopic (exact) mass is 273 g/mol. The van der Waals surface area contributed by atoms with Gasteiger partial charge in [-0.1, -0.05) is 0 Å². The van der Waals surface area contributed by atoms with E-state index in [4.69, 9.17) is 10.9 Å². The van der Waals surface area contributed by atoms with Crippen molar-refractivity contribution in [3.8, 4) is 0 Å². The summed E-state index contributed by atoms with van der Waals surface area (Å²) in [5, 5.41) is 14.2. The largest absolute Gasteiger partial charge is 0.398 e. The number of anilines is 2. The first-order chi connectivity index (χ1) is 8.21. The fraction of sp³-hybridized carbons (Fsp3) is 0.455. The Labute approximate surface area is 107 Å². The van der Waals surface area contributed by atoms with Gasteiger partial charge in [0.05, 0.1) is 11.8 Å². The van der Waals surface area contributed by atoms with Gasteiger partial charge in [-0.05, 0) is 31.5 Å². The zero-order valence-electron chi connectivity index (χ0n) is 10.5. The van der Waals surface area contributed by atoms with Gasteiger partial charge in [-0.15, -0.1) is 0 Å². The maximum absolute atomic E-state index is 11.2. The summed E-state index contributed by atoms with van der Waals surface area (Å²) in [7, 11) is -1.94. The summed E-state index contributed by atoms with van der Waals surface area (Å²) in [5.74, 6) is 0. The van der Waals surface area contributed by atoms with Crippen LogP contribution in [0.4, 0.5) is 11.4 Å². The smallest absolute Gasteiger partial charge is 0.240 e. The van der Waals surface area contributed by atoms with Crippen LogP contribution in [-0.2, 0) is 10.0 Å². The van der Waals surface area contributed by atoms with Gasteiger partial charge in [-0.25, -0.2) is 13.6 Å². The summed E-state index contributed by atoms with van der Waals surface area (Å²) in [6.45, 7) is 2.36. The van der Waals surface area contributed by atoms with E-state index >= 15 is 0 Å². The normalized spacial score (nSPS) is 13.3. The van der Waals surface area contributed by atoms with Crippen LogP contribution in [0.3, 0.4) is 0 Å². The van der Waals surface area contributed by atoms with Gasteiger partial charge >= 0.3 is 0 Å². The Morgan fingerprint density at radius 2 is 2.06 bits per heavy atom. The second kappa shape index (κ2) is 5.55. The van der Waals surface area contributed by atoms with E-state index in [1.807, 2.05) is 11.9 Å². The van der Waals surface area contributed by atoms with Gasteiger partial charge in [0.15, 0.2) is 0 Å². The zero-order chi connectivity index (χ0) is 13.9. The highest BCUT2D eigenvalue weighted by molar-refractivity contribution is 7.89. The lowest BCUT2D eigenvalue weighted by molar-refractivity contribution is 0.187. The molecule has 0 amide bonds. The summed E-state index contributed by atoms with van der Waals surface area (Å²) in [6.07, 6.45) is 0.237. The number of benzene rings is 1. The lowest BCUT2D eigenvalue weighted by atomic mass is 10.2. The van der Waals surface area contributed by atoms with Gasteiger partial charge in [-0.2, -0.15) is 0 Å². The minimum absolute atomic E-state index is 0.0739. The SMILES string of the molecule is CC(O)CCN(C)c1ccc(S(N)(=O)=O)c(N)c1. The third kappa shape index (κ3) is 3.86. The maximum Gasteiger partial charge on any atom is 0.240 e. The molecule has 0 fully saturated rings. The molecule has 102 valence electrons. The van der Waals surface area contributed by atoms with Crippen molar-refractivity contribution in [2.75, 3.05) is 24.2 Å². The molecule has 5 N–H and O–H groups in total. The quantitative estimate of drug-likeness (QED) is 0.660. The second-order valence-electron chi connectivity index (χ2n) is 4.33. The molecule has 1 unspecified atom stereocenters. The number of rotatable bonds is 5. The van der Waals surface area contributed by atoms with Crippen LogP contribution >= 0.6 is 0 Å². The number of aliphatic hydroxyl groups is 1. The van der Waals surface area contributed by atoms with Crippen molar-refractivity contribution in [3.63, 3.8) is 0 Å². The van der Waals surface area contributed by atoms with Crippen molar-refractivity contribution >= 4 is 21.4 Å². The molecule has 1 atom stereocenters. The average Bonchev–Trinajstić information content (AvgIpc) is 2.23. The Hall–Kier alpha value is -1.31. The van der Waals surface area contributed by atoms with Crippen LogP contribution in [0.25, 0.3) is 0 Å². The highest BCUT2D eigenvalue weighted by atomic mass is 32.2. The molecule has 18 heavy (non-hydrogen) atoms. The van der Waals surface area contributed by atoms with Gasteiger partial charge in [-0.3, -0.25) is 0 Å². The van der Waals surface area contributed by atoms with Crippen molar-refractivity contribution in [1.82, 2.24) is 0 Å². The number of hydrogen-bond donors (Lipinski definition) is 3. The van der Waals surface area contributed by atoms with E-state index in [-0.39, 0.29) is 16.7 Å². The standard InChI is InChI=1S/C11H19N3O3S/c1-8(15)5-6-14(2)9-3-4-11(10(12)7-9)18(13,16)17/h3-4,7-8,15H,5-6,12H2,1-2H3,(H2,13,16,17). The van der Waals surface area contributed by atoms with E-state index < -0.39 is 10.0 Å². The lowest BCUT2D eigenvalue weighted by Gasteiger charge is -2.21. The second-order valence-corrected chi connectivity index (χ2v) is 5.86. The predicted molar refractivity (Wildman–Crippen MR) is 71.8 cm³/mol. The Kier molecular flexibility index (Phi) is 4.55. The summed E-state index contributed by atoms with van der Waals surface area (Å²) in [5.41, 5.74) is 6.57. The van der Waals surface area contributed by atoms with E-state index in [1.54, 1.807) is 19.1 Å². The Morgan fingerprint density at radius 1 is 1.44 bits per heavy atom. The van der Waals surface area contributed by atoms with Crippen LogP contribution in [0.15, 0.2) is 23.1 Å². The van der Waals surface area contributed by atoms with Gasteiger partial charge in [0.2, 0.25) is 10.0 Å². The van der Waals surface area contributed by atoms with Crippen molar-refractivity contribution in [2.45, 2.75) is 24.3 Å². The summed E-state index contributed by atoms with van der Waals surface area (Å²) >= 11 is 0. The molecular formula is C11H19N3O3S. The predicted octanol–water partition coefficient (Wildman–Crippen LogP) is 0.123. The Morgan fingerprint density at radius 3 is 2.50 bits per heavy atom. The molecule has 0 aromatic heterocycles. The van der Waals surface area contributed by atoms with Gasteiger partial charge in [0.1, 0.15) is 4.90 Å². The third-order valence-electron chi connectivity index (χ3n) is 2.62. The van der Waals surface area contributed by atoms with E-state index in [1.165, 1.54) is 6.07 Å². The Balaban J connectivity index is 2.91. The highest BCUT2D eigenvalue weighted by Crippen LogP contribution is 2.23. The van der Waals surface area contributed by atoms with Crippen LogP contribution < -0.4 is 15.8 Å². The van der Waals surface area contributed by atoms with Crippen LogP contribution in [0.5, 0.6) is 0 Å². The zero-order valence-corrected chi connectivity index (χ0v) is 11.3. The molecule has 1 aromatic carbocycles. The van der Waals surface area contributed by atoms with Gasteiger partial charge < -0.3 is 15.7 Å². The first-order valence-electron chi connectivity index (χ1n) is 5.53. The van der Waals surface area contributed by atoms with E-state index in [0.29, 0.717) is 13.0 Å². The van der Waals surface area contributed by atoms with Crippen molar-refractivity contribution in [2.24, 2.45) is 5.14 Å². The van der Waals surface area contributed by atoms with Crippen LogP contribution in [0.1, 0.15) is 13.3 Å². The number of nitrogens with zero attached hydrogens (tertiary/aromatic N) is 1. The molecule has 6 nitrogen and oxygen atoms in total. The fourth-order valence-electron chi connectivity index (χ4n) is 1.54. The number of hydrogen-bond acceptors (Lipinski definition) is 5. The third-order valence-corrected chi connectivity index (χ3v) is 3.61. The molecule has 0 bridgehead atoms. The summed E-state index contributed by atoms with van der Waals surface area (Å²) in [6, 6.07) is 4.58. The van der Waals surface area contributed by atoms with Crippen LogP contribution in [0.2, 0.25) is 0 Å². The fourth-order valence-corrected chi connectivity index (χ4v) is 2.19. The lowest BCUT2D eigenvalue weighted by Crippen LogP contribution is -2.22. The molecule has 0 aliphatic carbocycles. The van der Waals surface area contributed by atoms with Crippen molar-refractivity contribution in [3.05, 3.63) is 18.2 Å². The van der Waals surface area contributed by atoms with E-state index in [2.05, 4.69) is 0 Å². The Bertz CT molecular complexity index is 514. The van der Waals surface area contributed by atoms with Crippen LogP contribution in [0, 0.1) is 0 Å². The summed E-state index contributed by atoms with van der Waals surface area (Å²) < 4.78 is 22.4. The van der Waals surface area contributed by atoms with Crippen molar-refractivity contribution in [1.29, 1.82) is 0 Å². The first kappa shape index (κ1) is 14.7. The maximum atomic E-state index is 11.2. The number of aliphatic hydroxyl groups excluding tert-OH is 1. The van der Waals surface area contributed by atoms with E-state index in [0.717, 1.165) is 5.69 Å². The number of sulfonamides is 1. The van der Waals surface area contributed by atoms with Crippen LogP contribution in [-0.4, -0.2) is 33.2 Å². The molecule has 7 heteroatoms. The molecule has 0 radical (unpaired) electrons. The number of nitrogens with two attached hydrogens (primary N) is 2. The minimum atomic E-state index is -3.79.